The normalized spacial score (nSPS) is 10.5. The number of carbonyl (C=O) groups is 1. The molecule has 5 nitrogen and oxygen atoms in total. The molecule has 0 fully saturated rings. The van der Waals surface area contributed by atoms with Crippen molar-refractivity contribution in [3.05, 3.63) is 12.3 Å². The van der Waals surface area contributed by atoms with Gasteiger partial charge in [0, 0.05) is 0 Å². The molecule has 0 aromatic carbocycles. The molecule has 0 aromatic rings. The summed E-state index contributed by atoms with van der Waals surface area (Å²) in [7, 11) is -3.62. The van der Waals surface area contributed by atoms with Gasteiger partial charge in [0.05, 0.1) is 11.4 Å². The maximum absolute atomic E-state index is 11.0. The fraction of sp³-hybridized carbons (Fsp3) is 0.571. The number of carbonyl (C=O) groups excluding carboxylic acids is 1. The van der Waals surface area contributed by atoms with Crippen LogP contribution in [0.3, 0.4) is 0 Å². The second kappa shape index (κ2) is 7.42. The third kappa shape index (κ3) is 8.71. The molecule has 0 rings (SSSR count). The quantitative estimate of drug-likeness (QED) is 0.233. The van der Waals surface area contributed by atoms with Crippen molar-refractivity contribution < 1.29 is 48.5 Å². The molecule has 0 bridgehead atoms. The molecule has 0 atom stereocenters. The van der Waals surface area contributed by atoms with Gasteiger partial charge in [0.2, 0.25) is 0 Å². The first-order chi connectivity index (χ1) is 5.87. The Labute approximate surface area is 108 Å². The van der Waals surface area contributed by atoms with Gasteiger partial charge in [0.15, 0.2) is 6.29 Å². The SMILES string of the molecule is C=C(C=O)NOS(=O)(=O)CC(C)C.[H-].[Na+]. The van der Waals surface area contributed by atoms with Crippen LogP contribution in [0.2, 0.25) is 0 Å². The van der Waals surface area contributed by atoms with Gasteiger partial charge in [0.25, 0.3) is 10.1 Å². The van der Waals surface area contributed by atoms with Crippen LogP contribution >= 0.6 is 0 Å². The number of rotatable bonds is 6. The molecule has 78 valence electrons. The van der Waals surface area contributed by atoms with Crippen LogP contribution in [0.4, 0.5) is 0 Å². The molecule has 7 heteroatoms. The summed E-state index contributed by atoms with van der Waals surface area (Å²) in [6.45, 7) is 6.68. The van der Waals surface area contributed by atoms with E-state index in [1.165, 1.54) is 0 Å². The van der Waals surface area contributed by atoms with Crippen LogP contribution < -0.4 is 35.0 Å². The molecule has 0 saturated carbocycles. The average Bonchev–Trinajstić information content (AvgIpc) is 1.98. The van der Waals surface area contributed by atoms with E-state index in [-0.39, 0.29) is 48.4 Å². The summed E-state index contributed by atoms with van der Waals surface area (Å²) in [5.41, 5.74) is 1.80. The molecule has 0 heterocycles. The van der Waals surface area contributed by atoms with E-state index in [4.69, 9.17) is 0 Å². The predicted octanol–water partition coefficient (Wildman–Crippen LogP) is -2.68. The summed E-state index contributed by atoms with van der Waals surface area (Å²) in [6.07, 6.45) is 0.366. The molecule has 0 saturated heterocycles. The number of allylic oxidation sites excluding steroid dienone is 1. The fourth-order valence-electron chi connectivity index (χ4n) is 0.583. The Morgan fingerprint density at radius 1 is 1.64 bits per heavy atom. The molecule has 0 aliphatic rings. The van der Waals surface area contributed by atoms with Crippen LogP contribution in [0.15, 0.2) is 12.3 Å². The number of hydroxylamine groups is 1. The Morgan fingerprint density at radius 3 is 2.50 bits per heavy atom. The summed E-state index contributed by atoms with van der Waals surface area (Å²) in [6, 6.07) is 0. The summed E-state index contributed by atoms with van der Waals surface area (Å²) in [4.78, 5) is 10.0. The Balaban J connectivity index is -0.000000720. The summed E-state index contributed by atoms with van der Waals surface area (Å²) in [5, 5.41) is 0. The van der Waals surface area contributed by atoms with Gasteiger partial charge in [-0.1, -0.05) is 20.4 Å². The van der Waals surface area contributed by atoms with Gasteiger partial charge >= 0.3 is 29.6 Å². The fourth-order valence-corrected chi connectivity index (χ4v) is 1.70. The number of aldehydes is 1. The molecular weight excluding hydrogens is 217 g/mol. The maximum Gasteiger partial charge on any atom is 1.00 e. The van der Waals surface area contributed by atoms with Gasteiger partial charge in [0.1, 0.15) is 0 Å². The molecule has 0 aliphatic carbocycles. The monoisotopic (exact) mass is 231 g/mol. The second-order valence-electron chi connectivity index (χ2n) is 2.95. The topological polar surface area (TPSA) is 72.5 Å². The zero-order valence-corrected chi connectivity index (χ0v) is 11.4. The number of hydrogen-bond acceptors (Lipinski definition) is 5. The number of hydrogen-bond donors (Lipinski definition) is 1. The van der Waals surface area contributed by atoms with Crippen molar-refractivity contribution in [3.63, 3.8) is 0 Å². The van der Waals surface area contributed by atoms with E-state index in [0.717, 1.165) is 0 Å². The Morgan fingerprint density at radius 2 is 2.14 bits per heavy atom. The van der Waals surface area contributed by atoms with E-state index in [0.29, 0.717) is 6.29 Å². The first-order valence-corrected chi connectivity index (χ1v) is 5.26. The van der Waals surface area contributed by atoms with Crippen LogP contribution in [0.25, 0.3) is 0 Å². The third-order valence-electron chi connectivity index (χ3n) is 0.979. The molecule has 1 N–H and O–H groups in total. The van der Waals surface area contributed by atoms with E-state index >= 15 is 0 Å². The summed E-state index contributed by atoms with van der Waals surface area (Å²) >= 11 is 0. The maximum atomic E-state index is 11.0. The van der Waals surface area contributed by atoms with E-state index in [9.17, 15) is 13.2 Å². The van der Waals surface area contributed by atoms with Crippen molar-refractivity contribution in [1.29, 1.82) is 0 Å². The first-order valence-electron chi connectivity index (χ1n) is 3.68. The van der Waals surface area contributed by atoms with Crippen LogP contribution in [0.1, 0.15) is 15.3 Å². The van der Waals surface area contributed by atoms with Gasteiger partial charge in [-0.05, 0) is 5.92 Å². The van der Waals surface area contributed by atoms with Crippen LogP contribution in [-0.4, -0.2) is 20.5 Å². The van der Waals surface area contributed by atoms with Crippen LogP contribution in [0.5, 0.6) is 0 Å². The van der Waals surface area contributed by atoms with Gasteiger partial charge in [-0.3, -0.25) is 4.79 Å². The van der Waals surface area contributed by atoms with Crippen molar-refractivity contribution in [3.8, 4) is 0 Å². The Hall–Kier alpha value is 0.120. The van der Waals surface area contributed by atoms with Gasteiger partial charge in [-0.15, -0.1) is 0 Å². The first kappa shape index (κ1) is 16.5. The molecule has 0 radical (unpaired) electrons. The van der Waals surface area contributed by atoms with E-state index < -0.39 is 10.1 Å². The molecule has 0 spiro atoms. The number of nitrogens with one attached hydrogen (secondary N) is 1. The minimum Gasteiger partial charge on any atom is -1.00 e. The second-order valence-corrected chi connectivity index (χ2v) is 4.56. The predicted molar refractivity (Wildman–Crippen MR) is 49.2 cm³/mol. The minimum atomic E-state index is -3.62. The van der Waals surface area contributed by atoms with Crippen molar-refractivity contribution >= 4 is 16.4 Å². The van der Waals surface area contributed by atoms with Crippen LogP contribution in [0, 0.1) is 5.92 Å². The van der Waals surface area contributed by atoms with Crippen molar-refractivity contribution in [2.24, 2.45) is 5.92 Å². The standard InChI is InChI=1S/C7H13NO4S.Na.H/c1-6(2)5-13(10,11)12-8-7(3)4-9;;/h4,6,8H,3,5H2,1-2H3;;/q;+1;-1. The van der Waals surface area contributed by atoms with Gasteiger partial charge < -0.3 is 1.43 Å². The molecule has 0 aromatic heterocycles. The van der Waals surface area contributed by atoms with E-state index in [2.05, 4.69) is 10.9 Å². The molecule has 0 unspecified atom stereocenters. The molecule has 14 heavy (non-hydrogen) atoms. The molecule has 0 aliphatic heterocycles. The minimum absolute atomic E-state index is 0. The molecular formula is C7H14NNaO4S. The average molecular weight is 231 g/mol. The van der Waals surface area contributed by atoms with Crippen molar-refractivity contribution in [1.82, 2.24) is 5.48 Å². The van der Waals surface area contributed by atoms with Gasteiger partial charge in [-0.2, -0.15) is 12.7 Å². The summed E-state index contributed by atoms with van der Waals surface area (Å²) < 4.78 is 26.3. The van der Waals surface area contributed by atoms with Crippen molar-refractivity contribution in [2.75, 3.05) is 5.75 Å². The van der Waals surface area contributed by atoms with Gasteiger partial charge in [-0.25, -0.2) is 5.48 Å². The smallest absolute Gasteiger partial charge is 1.00 e. The Kier molecular flexibility index (Phi) is 8.77. The summed E-state index contributed by atoms with van der Waals surface area (Å²) in [5.74, 6) is -0.136. The van der Waals surface area contributed by atoms with Crippen molar-refractivity contribution in [2.45, 2.75) is 13.8 Å². The zero-order valence-electron chi connectivity index (χ0n) is 9.61. The molecule has 0 amide bonds. The Bertz CT molecular complexity index is 291. The largest absolute Gasteiger partial charge is 1.00 e. The van der Waals surface area contributed by atoms with Crippen LogP contribution in [-0.2, 0) is 19.2 Å². The van der Waals surface area contributed by atoms with E-state index in [1.807, 2.05) is 5.48 Å². The third-order valence-corrected chi connectivity index (χ3v) is 2.39. The van der Waals surface area contributed by atoms with E-state index in [1.54, 1.807) is 13.8 Å². The zero-order chi connectivity index (χ0) is 10.5.